The molecule has 1 atom stereocenters. The second-order valence-electron chi connectivity index (χ2n) is 2.72. The summed E-state index contributed by atoms with van der Waals surface area (Å²) < 4.78 is 30.6. The predicted octanol–water partition coefficient (Wildman–Crippen LogP) is 1.18. The highest BCUT2D eigenvalue weighted by Crippen LogP contribution is 2.15. The Hall–Kier alpha value is -0.440. The second kappa shape index (κ2) is 3.74. The van der Waals surface area contributed by atoms with Gasteiger partial charge in [-0.3, -0.25) is 4.55 Å². The van der Waals surface area contributed by atoms with Crippen molar-refractivity contribution in [3.63, 3.8) is 0 Å². The lowest BCUT2D eigenvalue weighted by Crippen LogP contribution is -2.10. The highest BCUT2D eigenvalue weighted by atomic mass is 32.2. The average molecular weight is 218 g/mol. The number of benzene rings is 1. The fourth-order valence-electron chi connectivity index (χ4n) is 1.06. The first-order chi connectivity index (χ1) is 5.95. The Morgan fingerprint density at radius 3 is 2.46 bits per heavy atom. The minimum absolute atomic E-state index is 0.0268. The summed E-state index contributed by atoms with van der Waals surface area (Å²) in [5.41, 5.74) is 0.997. The third-order valence-corrected chi connectivity index (χ3v) is 3.73. The molecule has 13 heavy (non-hydrogen) atoms. The lowest BCUT2D eigenvalue weighted by atomic mass is 10.2. The predicted molar refractivity (Wildman–Crippen MR) is 54.9 cm³/mol. The SMILES string of the molecule is CPc1cc(C)ccc1S(=O)(=O)O. The van der Waals surface area contributed by atoms with Crippen molar-refractivity contribution in [1.29, 1.82) is 0 Å². The molecule has 0 saturated carbocycles. The minimum Gasteiger partial charge on any atom is -0.282 e. The van der Waals surface area contributed by atoms with Gasteiger partial charge in [-0.05, 0) is 25.0 Å². The first-order valence-corrected chi connectivity index (χ1v) is 6.65. The van der Waals surface area contributed by atoms with Crippen molar-refractivity contribution in [1.82, 2.24) is 0 Å². The van der Waals surface area contributed by atoms with Gasteiger partial charge in [0.2, 0.25) is 0 Å². The Kier molecular flexibility index (Phi) is 3.06. The van der Waals surface area contributed by atoms with Gasteiger partial charge in [0.1, 0.15) is 4.90 Å². The van der Waals surface area contributed by atoms with Crippen LogP contribution in [-0.2, 0) is 10.1 Å². The molecule has 1 aromatic carbocycles. The Labute approximate surface area is 79.7 Å². The Bertz CT molecular complexity index is 411. The molecule has 0 aliphatic rings. The fourth-order valence-corrected chi connectivity index (χ4v) is 3.04. The van der Waals surface area contributed by atoms with Crippen LogP contribution in [-0.4, -0.2) is 19.6 Å². The number of rotatable bonds is 2. The summed E-state index contributed by atoms with van der Waals surface area (Å²) in [6.45, 7) is 3.76. The van der Waals surface area contributed by atoms with Gasteiger partial charge in [-0.1, -0.05) is 26.3 Å². The van der Waals surface area contributed by atoms with Crippen LogP contribution in [0, 0.1) is 6.92 Å². The average Bonchev–Trinajstić information content (AvgIpc) is 2.01. The molecule has 0 saturated heterocycles. The van der Waals surface area contributed by atoms with Crippen LogP contribution in [0.4, 0.5) is 0 Å². The molecule has 1 rings (SSSR count). The quantitative estimate of drug-likeness (QED) is 0.599. The zero-order chi connectivity index (χ0) is 10.1. The van der Waals surface area contributed by atoms with Gasteiger partial charge in [-0.2, -0.15) is 8.42 Å². The van der Waals surface area contributed by atoms with E-state index in [1.165, 1.54) is 6.07 Å². The second-order valence-corrected chi connectivity index (χ2v) is 5.15. The molecule has 0 aliphatic carbocycles. The van der Waals surface area contributed by atoms with Crippen molar-refractivity contribution in [2.24, 2.45) is 0 Å². The van der Waals surface area contributed by atoms with Crippen molar-refractivity contribution in [3.05, 3.63) is 23.8 Å². The molecule has 1 N–H and O–H groups in total. The zero-order valence-corrected chi connectivity index (χ0v) is 9.22. The maximum absolute atomic E-state index is 10.9. The Morgan fingerprint density at radius 1 is 1.38 bits per heavy atom. The van der Waals surface area contributed by atoms with Gasteiger partial charge in [0, 0.05) is 0 Å². The monoisotopic (exact) mass is 218 g/mol. The van der Waals surface area contributed by atoms with E-state index in [9.17, 15) is 8.42 Å². The van der Waals surface area contributed by atoms with Gasteiger partial charge in [-0.25, -0.2) is 0 Å². The van der Waals surface area contributed by atoms with Crippen molar-refractivity contribution >= 4 is 24.0 Å². The molecule has 1 aromatic rings. The molecule has 0 fully saturated rings. The fraction of sp³-hybridized carbons (Fsp3) is 0.250. The molecule has 0 amide bonds. The van der Waals surface area contributed by atoms with Gasteiger partial charge in [0.25, 0.3) is 10.1 Å². The summed E-state index contributed by atoms with van der Waals surface area (Å²) in [5.74, 6) is 0. The van der Waals surface area contributed by atoms with Crippen LogP contribution in [0.15, 0.2) is 23.1 Å². The summed E-state index contributed by atoms with van der Waals surface area (Å²) in [6.07, 6.45) is 0. The van der Waals surface area contributed by atoms with Crippen LogP contribution in [0.3, 0.4) is 0 Å². The van der Waals surface area contributed by atoms with Crippen LogP contribution in [0.1, 0.15) is 5.56 Å². The van der Waals surface area contributed by atoms with E-state index in [1.807, 2.05) is 13.6 Å². The molecule has 0 aromatic heterocycles. The lowest BCUT2D eigenvalue weighted by Gasteiger charge is -2.05. The van der Waals surface area contributed by atoms with E-state index >= 15 is 0 Å². The van der Waals surface area contributed by atoms with Crippen LogP contribution in [0.5, 0.6) is 0 Å². The van der Waals surface area contributed by atoms with E-state index in [0.29, 0.717) is 13.9 Å². The largest absolute Gasteiger partial charge is 0.295 e. The Balaban J connectivity index is 3.39. The van der Waals surface area contributed by atoms with Crippen LogP contribution in [0.2, 0.25) is 0 Å². The van der Waals surface area contributed by atoms with Gasteiger partial charge in [-0.15, -0.1) is 0 Å². The Morgan fingerprint density at radius 2 is 2.00 bits per heavy atom. The minimum atomic E-state index is -4.06. The molecule has 0 aliphatic heterocycles. The van der Waals surface area contributed by atoms with E-state index in [0.717, 1.165) is 5.56 Å². The molecule has 0 radical (unpaired) electrons. The van der Waals surface area contributed by atoms with Crippen LogP contribution in [0.25, 0.3) is 0 Å². The van der Waals surface area contributed by atoms with E-state index in [2.05, 4.69) is 0 Å². The maximum atomic E-state index is 10.9. The van der Waals surface area contributed by atoms with Crippen molar-refractivity contribution in [2.45, 2.75) is 11.8 Å². The van der Waals surface area contributed by atoms with Crippen molar-refractivity contribution in [2.75, 3.05) is 6.66 Å². The highest BCUT2D eigenvalue weighted by molar-refractivity contribution is 7.86. The zero-order valence-electron chi connectivity index (χ0n) is 7.40. The van der Waals surface area contributed by atoms with E-state index in [1.54, 1.807) is 12.1 Å². The van der Waals surface area contributed by atoms with Gasteiger partial charge in [0.15, 0.2) is 0 Å². The summed E-state index contributed by atoms with van der Waals surface area (Å²) >= 11 is 0. The summed E-state index contributed by atoms with van der Waals surface area (Å²) in [6, 6.07) is 4.89. The van der Waals surface area contributed by atoms with E-state index in [4.69, 9.17) is 4.55 Å². The third-order valence-electron chi connectivity index (χ3n) is 1.68. The van der Waals surface area contributed by atoms with Gasteiger partial charge in [0.05, 0.1) is 0 Å². The molecule has 5 heteroatoms. The highest BCUT2D eigenvalue weighted by Gasteiger charge is 2.13. The van der Waals surface area contributed by atoms with Gasteiger partial charge < -0.3 is 0 Å². The third kappa shape index (κ3) is 2.50. The molecule has 0 spiro atoms. The van der Waals surface area contributed by atoms with Gasteiger partial charge >= 0.3 is 0 Å². The van der Waals surface area contributed by atoms with E-state index in [-0.39, 0.29) is 4.90 Å². The topological polar surface area (TPSA) is 54.4 Å². The van der Waals surface area contributed by atoms with Crippen LogP contribution < -0.4 is 5.30 Å². The maximum Gasteiger partial charge on any atom is 0.295 e. The number of aryl methyl sites for hydroxylation is 1. The smallest absolute Gasteiger partial charge is 0.282 e. The normalized spacial score (nSPS) is 12.5. The van der Waals surface area contributed by atoms with Crippen molar-refractivity contribution in [3.8, 4) is 0 Å². The summed E-state index contributed by atoms with van der Waals surface area (Å²) in [5, 5.41) is 0.683. The molecule has 0 heterocycles. The summed E-state index contributed by atoms with van der Waals surface area (Å²) in [4.78, 5) is 0.0268. The lowest BCUT2D eigenvalue weighted by molar-refractivity contribution is 0.484. The molecule has 3 nitrogen and oxygen atoms in total. The first kappa shape index (κ1) is 10.6. The number of hydrogen-bond acceptors (Lipinski definition) is 2. The van der Waals surface area contributed by atoms with E-state index < -0.39 is 10.1 Å². The standard InChI is InChI=1S/C8H11O3PS/c1-6-3-4-8(13(9,10)11)7(5-6)12-2/h3-5,12H,1-2H3,(H,9,10,11). The molecular weight excluding hydrogens is 207 g/mol. The van der Waals surface area contributed by atoms with Crippen LogP contribution >= 0.6 is 8.58 Å². The molecular formula is C8H11O3PS. The summed E-state index contributed by atoms with van der Waals surface area (Å²) in [7, 11) is -3.70. The number of hydrogen-bond donors (Lipinski definition) is 1. The molecule has 72 valence electrons. The first-order valence-electron chi connectivity index (χ1n) is 3.71. The molecule has 1 unspecified atom stereocenters. The van der Waals surface area contributed by atoms with Crippen molar-refractivity contribution < 1.29 is 13.0 Å². The molecule has 0 bridgehead atoms.